The third-order valence-corrected chi connectivity index (χ3v) is 19.1. The zero-order chi connectivity index (χ0) is 41.9. The second-order valence-electron chi connectivity index (χ2n) is 16.4. The van der Waals surface area contributed by atoms with E-state index in [1.807, 2.05) is 31.2 Å². The lowest BCUT2D eigenvalue weighted by Crippen LogP contribution is -2.65. The first-order valence-corrected chi connectivity index (χ1v) is 23.6. The van der Waals surface area contributed by atoms with Gasteiger partial charge in [0.1, 0.15) is 13.6 Å². The molecule has 3 nitrogen and oxygen atoms in total. The summed E-state index contributed by atoms with van der Waals surface area (Å²) in [6, 6.07) is 44.6. The molecule has 3 aliphatic rings. The van der Waals surface area contributed by atoms with Gasteiger partial charge in [-0.1, -0.05) is 167 Å². The van der Waals surface area contributed by atoms with E-state index in [1.165, 1.54) is 15.6 Å². The summed E-state index contributed by atoms with van der Waals surface area (Å²) >= 11 is 1.70. The third kappa shape index (κ3) is 5.12. The topological polar surface area (TPSA) is 30.4 Å². The lowest BCUT2D eigenvalue weighted by atomic mass is 9.78. The van der Waals surface area contributed by atoms with Gasteiger partial charge in [0, 0.05) is 33.2 Å². The normalized spacial score (nSPS) is 22.5. The van der Waals surface area contributed by atoms with Crippen LogP contribution in [0.4, 0.5) is 0 Å². The van der Waals surface area contributed by atoms with Crippen molar-refractivity contribution in [3.05, 3.63) is 150 Å². The second-order valence-corrected chi connectivity index (χ2v) is 21.4. The monoisotopic (exact) mass is 769 g/mol. The molecule has 6 aromatic carbocycles. The first kappa shape index (κ1) is 29.4. The van der Waals surface area contributed by atoms with Gasteiger partial charge in [0.15, 0.2) is 5.58 Å². The average molecular weight is 770 g/mol. The predicted octanol–water partition coefficient (Wildman–Crippen LogP) is 12.1. The molecule has 2 aliphatic carbocycles. The molecule has 0 radical (unpaired) electrons. The Kier molecular flexibility index (Phi) is 6.88. The van der Waals surface area contributed by atoms with Crippen molar-refractivity contribution < 1.29 is 11.3 Å². The zero-order valence-electron chi connectivity index (χ0n) is 37.0. The van der Waals surface area contributed by atoms with Crippen LogP contribution in [-0.4, -0.2) is 17.5 Å². The minimum absolute atomic E-state index is 0.507. The molecular weight excluding hydrogens is 717 g/mol. The number of hydrogen-bond donors (Lipinski definition) is 0. The van der Waals surface area contributed by atoms with Gasteiger partial charge in [-0.25, -0.2) is 0 Å². The summed E-state index contributed by atoms with van der Waals surface area (Å²) in [6.07, 6.45) is 7.37. The lowest BCUT2D eigenvalue weighted by Gasteiger charge is -2.39. The molecule has 5 heteroatoms. The molecular formula is C51H48N2OSSi. The molecule has 0 spiro atoms. The maximum Gasteiger partial charge on any atom is 0.307 e. The van der Waals surface area contributed by atoms with Crippen LogP contribution in [-0.2, 0) is 5.41 Å². The van der Waals surface area contributed by atoms with Crippen molar-refractivity contribution in [2.24, 2.45) is 0 Å². The summed E-state index contributed by atoms with van der Waals surface area (Å²) in [4.78, 5) is 7.34. The van der Waals surface area contributed by atoms with Crippen LogP contribution in [0.15, 0.2) is 142 Å². The molecule has 11 rings (SSSR count). The van der Waals surface area contributed by atoms with Crippen molar-refractivity contribution in [2.75, 3.05) is 0 Å². The van der Waals surface area contributed by atoms with Crippen molar-refractivity contribution in [1.29, 1.82) is 0 Å². The Labute approximate surface area is 342 Å². The highest BCUT2D eigenvalue weighted by atomic mass is 32.2. The van der Waals surface area contributed by atoms with Crippen LogP contribution in [0.3, 0.4) is 0 Å². The van der Waals surface area contributed by atoms with Crippen LogP contribution in [0.1, 0.15) is 106 Å². The van der Waals surface area contributed by atoms with Crippen LogP contribution in [0, 0.1) is 0 Å². The molecule has 0 bridgehead atoms. The summed E-state index contributed by atoms with van der Waals surface area (Å²) in [5.41, 5.74) is 7.86. The number of rotatable bonds is 6. The molecule has 0 saturated heterocycles. The maximum absolute atomic E-state index is 9.94. The SMILES string of the molecule is [2H]C1(c2ccc3c(nc4oc5c(C6([2H])CCCC6)cccc5n43)c2-c2cccc([Si](C)(c3ccccc3)c3cccc4c3Sc3ccccc3C4(C)C([2H])([2H])[2H])c2)CCCC1. The Bertz CT molecular complexity index is 3040. The Morgan fingerprint density at radius 3 is 2.23 bits per heavy atom. The molecule has 0 N–H and O–H groups in total. The van der Waals surface area contributed by atoms with Crippen molar-refractivity contribution in [3.63, 3.8) is 0 Å². The van der Waals surface area contributed by atoms with Gasteiger partial charge < -0.3 is 4.42 Å². The molecule has 2 aromatic heterocycles. The summed E-state index contributed by atoms with van der Waals surface area (Å²) in [5.74, 6) is -0.903. The van der Waals surface area contributed by atoms with E-state index in [1.54, 1.807) is 11.8 Å². The Hall–Kier alpha value is -4.84. The predicted molar refractivity (Wildman–Crippen MR) is 236 cm³/mol. The van der Waals surface area contributed by atoms with Crippen LogP contribution in [0.25, 0.3) is 39.1 Å². The highest BCUT2D eigenvalue weighted by Crippen LogP contribution is 2.49. The fraction of sp³-hybridized carbons (Fsp3) is 0.275. The Balaban J connectivity index is 1.15. The van der Waals surface area contributed by atoms with Crippen molar-refractivity contribution in [3.8, 4) is 11.1 Å². The van der Waals surface area contributed by atoms with E-state index >= 15 is 0 Å². The number of para-hydroxylation sites is 1. The zero-order valence-corrected chi connectivity index (χ0v) is 33.8. The van der Waals surface area contributed by atoms with Gasteiger partial charge in [0.2, 0.25) is 0 Å². The molecule has 2 unspecified atom stereocenters. The fourth-order valence-corrected chi connectivity index (χ4v) is 16.0. The van der Waals surface area contributed by atoms with E-state index in [0.717, 1.165) is 117 Å². The third-order valence-electron chi connectivity index (χ3n) is 13.2. The van der Waals surface area contributed by atoms with Gasteiger partial charge in [-0.15, -0.1) is 0 Å². The number of imidazole rings is 1. The quantitative estimate of drug-likeness (QED) is 0.125. The molecule has 56 heavy (non-hydrogen) atoms. The fourth-order valence-electron chi connectivity index (χ4n) is 10.2. The van der Waals surface area contributed by atoms with Crippen LogP contribution in [0.2, 0.25) is 6.55 Å². The van der Waals surface area contributed by atoms with Crippen molar-refractivity contribution in [1.82, 2.24) is 9.38 Å². The van der Waals surface area contributed by atoms with Crippen molar-refractivity contribution in [2.45, 2.75) is 98.7 Å². The standard InChI is InChI=1S/C51H48N2OSSi/c1-51(2)40-25-11-12-28-44(40)55-49-41(51)26-15-29-45(49)56(3,36-21-5-4-6-22-36)37-23-13-20-35(32-37)46-38(33-16-7-8-17-33)30-31-42-47(46)52-50-53(42)43-27-14-24-39(48(43)54-50)34-18-9-10-19-34/h4-6,11-15,20-34H,7-10,16-19H2,1-3H3/i1D3,33D,34D. The first-order valence-electron chi connectivity index (χ1n) is 22.8. The van der Waals surface area contributed by atoms with Crippen LogP contribution < -0.4 is 15.6 Å². The van der Waals surface area contributed by atoms with E-state index in [0.29, 0.717) is 5.84 Å². The summed E-state index contributed by atoms with van der Waals surface area (Å²) in [5, 5.41) is 3.62. The molecule has 0 amide bonds. The van der Waals surface area contributed by atoms with Gasteiger partial charge in [-0.2, -0.15) is 4.98 Å². The molecule has 2 atom stereocenters. The van der Waals surface area contributed by atoms with Gasteiger partial charge in [0.25, 0.3) is 0 Å². The lowest BCUT2D eigenvalue weighted by molar-refractivity contribution is 0.608. The first-order chi connectivity index (χ1) is 29.3. The number of benzene rings is 6. The van der Waals surface area contributed by atoms with E-state index in [9.17, 15) is 2.74 Å². The van der Waals surface area contributed by atoms with Crippen LogP contribution in [0.5, 0.6) is 0 Å². The summed E-state index contributed by atoms with van der Waals surface area (Å²) in [7, 11) is -2.89. The van der Waals surface area contributed by atoms with E-state index in [2.05, 4.69) is 114 Å². The van der Waals surface area contributed by atoms with E-state index in [4.69, 9.17) is 13.5 Å². The molecule has 2 saturated carbocycles. The highest BCUT2D eigenvalue weighted by Gasteiger charge is 2.41. The highest BCUT2D eigenvalue weighted by molar-refractivity contribution is 7.99. The summed E-state index contributed by atoms with van der Waals surface area (Å²) in [6.45, 7) is 2.03. The number of oxazole rings is 1. The van der Waals surface area contributed by atoms with Crippen molar-refractivity contribution >= 4 is 63.4 Å². The summed E-state index contributed by atoms with van der Waals surface area (Å²) < 4.78 is 55.0. The van der Waals surface area contributed by atoms with E-state index in [-0.39, 0.29) is 0 Å². The maximum atomic E-state index is 9.94. The van der Waals surface area contributed by atoms with E-state index < -0.39 is 32.1 Å². The number of hydrogen-bond acceptors (Lipinski definition) is 3. The minimum Gasteiger partial charge on any atom is -0.423 e. The second kappa shape index (κ2) is 13.1. The molecule has 8 aromatic rings. The average Bonchev–Trinajstić information content (AvgIpc) is 4.08. The smallest absolute Gasteiger partial charge is 0.307 e. The number of fused-ring (bicyclic) bond motifs is 7. The number of aromatic nitrogens is 2. The molecule has 3 heterocycles. The molecule has 278 valence electrons. The number of nitrogens with zero attached hydrogens (tertiary/aromatic N) is 2. The van der Waals surface area contributed by atoms with Gasteiger partial charge in [-0.05, 0) is 93.5 Å². The largest absolute Gasteiger partial charge is 0.423 e. The van der Waals surface area contributed by atoms with Gasteiger partial charge in [-0.3, -0.25) is 4.40 Å². The Morgan fingerprint density at radius 1 is 0.732 bits per heavy atom. The minimum atomic E-state index is -2.89. The van der Waals surface area contributed by atoms with Gasteiger partial charge in [0.05, 0.1) is 11.0 Å². The van der Waals surface area contributed by atoms with Crippen LogP contribution >= 0.6 is 11.8 Å². The van der Waals surface area contributed by atoms with Gasteiger partial charge >= 0.3 is 5.84 Å². The Morgan fingerprint density at radius 2 is 1.43 bits per heavy atom. The molecule has 1 aliphatic heterocycles. The molecule has 2 fully saturated rings.